The average Bonchev–Trinajstić information content (AvgIpc) is 3.20. The number of nitrogens with one attached hydrogen (secondary N) is 3. The Balaban J connectivity index is 1.73. The molecule has 2 aromatic rings. The van der Waals surface area contributed by atoms with Gasteiger partial charge in [0.25, 0.3) is 5.91 Å². The number of carbonyl (C=O) groups is 3. The van der Waals surface area contributed by atoms with Crippen molar-refractivity contribution in [3.8, 4) is 0 Å². The number of anilines is 2. The summed E-state index contributed by atoms with van der Waals surface area (Å²) >= 11 is 0. The highest BCUT2D eigenvalue weighted by Crippen LogP contribution is 2.23. The fourth-order valence-electron chi connectivity index (χ4n) is 3.24. The van der Waals surface area contributed by atoms with Gasteiger partial charge in [-0.3, -0.25) is 4.79 Å². The number of fused-ring (bicyclic) bond motifs is 1. The molecule has 8 nitrogen and oxygen atoms in total. The molecule has 0 aliphatic carbocycles. The van der Waals surface area contributed by atoms with Crippen molar-refractivity contribution >= 4 is 29.2 Å². The second-order valence-electron chi connectivity index (χ2n) is 6.73. The number of rotatable bonds is 8. The highest BCUT2D eigenvalue weighted by molar-refractivity contribution is 5.97. The molecule has 1 unspecified atom stereocenters. The van der Waals surface area contributed by atoms with Crippen LogP contribution in [0.2, 0.25) is 0 Å². The molecule has 0 fully saturated rings. The molecule has 3 rings (SSSR count). The number of amides is 1. The van der Waals surface area contributed by atoms with Crippen LogP contribution >= 0.6 is 0 Å². The molecule has 0 radical (unpaired) electrons. The zero-order chi connectivity index (χ0) is 20.8. The van der Waals surface area contributed by atoms with Crippen molar-refractivity contribution in [2.45, 2.75) is 24.9 Å². The summed E-state index contributed by atoms with van der Waals surface area (Å²) in [5.74, 6) is -2.30. The Hall–Kier alpha value is -3.55. The molecular formula is C21H23N3O5. The number of hydrogen-bond acceptors (Lipinski definition) is 6. The van der Waals surface area contributed by atoms with Crippen LogP contribution in [-0.4, -0.2) is 48.7 Å². The number of carboxylic acid groups (broad SMARTS) is 1. The quantitative estimate of drug-likeness (QED) is 0.503. The molecule has 29 heavy (non-hydrogen) atoms. The third-order valence-electron chi connectivity index (χ3n) is 4.75. The topological polar surface area (TPSA) is 117 Å². The fraction of sp³-hybridized carbons (Fsp3) is 0.286. The van der Waals surface area contributed by atoms with Gasteiger partial charge in [0.15, 0.2) is 0 Å². The normalized spacial score (nSPS) is 14.1. The summed E-state index contributed by atoms with van der Waals surface area (Å²) in [7, 11) is 1.20. The van der Waals surface area contributed by atoms with Gasteiger partial charge in [-0.1, -0.05) is 18.2 Å². The predicted molar refractivity (Wildman–Crippen MR) is 108 cm³/mol. The minimum Gasteiger partial charge on any atom is -0.480 e. The molecule has 2 atom stereocenters. The van der Waals surface area contributed by atoms with Gasteiger partial charge in [-0.15, -0.1) is 0 Å². The first-order chi connectivity index (χ1) is 14.0. The third kappa shape index (κ3) is 5.04. The molecule has 2 aromatic carbocycles. The first kappa shape index (κ1) is 20.2. The van der Waals surface area contributed by atoms with Crippen LogP contribution in [0.3, 0.4) is 0 Å². The summed E-state index contributed by atoms with van der Waals surface area (Å²) in [5.41, 5.74) is 3.02. The van der Waals surface area contributed by atoms with Gasteiger partial charge in [-0.25, -0.2) is 9.59 Å². The molecule has 1 amide bonds. The first-order valence-corrected chi connectivity index (χ1v) is 9.28. The third-order valence-corrected chi connectivity index (χ3v) is 4.75. The van der Waals surface area contributed by atoms with Crippen LogP contribution in [0.1, 0.15) is 22.3 Å². The van der Waals surface area contributed by atoms with Gasteiger partial charge < -0.3 is 25.8 Å². The van der Waals surface area contributed by atoms with E-state index in [0.717, 1.165) is 24.2 Å². The number of carbonyl (C=O) groups excluding carboxylic acids is 2. The number of hydrogen-bond donors (Lipinski definition) is 4. The molecule has 4 N–H and O–H groups in total. The van der Waals surface area contributed by atoms with E-state index in [4.69, 9.17) is 4.74 Å². The van der Waals surface area contributed by atoms with Crippen LogP contribution < -0.4 is 16.0 Å². The Bertz CT molecular complexity index is 900. The van der Waals surface area contributed by atoms with E-state index in [9.17, 15) is 19.5 Å². The van der Waals surface area contributed by atoms with Gasteiger partial charge in [0.05, 0.1) is 7.11 Å². The lowest BCUT2D eigenvalue weighted by Gasteiger charge is -2.22. The van der Waals surface area contributed by atoms with E-state index in [1.807, 2.05) is 12.1 Å². The number of benzene rings is 2. The van der Waals surface area contributed by atoms with Gasteiger partial charge in [0, 0.05) is 29.9 Å². The summed E-state index contributed by atoms with van der Waals surface area (Å²) in [5, 5.41) is 18.3. The molecule has 0 aromatic heterocycles. The number of esters is 1. The number of ether oxygens (including phenoxy) is 1. The smallest absolute Gasteiger partial charge is 0.328 e. The Labute approximate surface area is 168 Å². The lowest BCUT2D eigenvalue weighted by molar-refractivity contribution is -0.144. The second kappa shape index (κ2) is 9.09. The zero-order valence-electron chi connectivity index (χ0n) is 16.0. The van der Waals surface area contributed by atoms with E-state index >= 15 is 0 Å². The van der Waals surface area contributed by atoms with Crippen molar-refractivity contribution < 1.29 is 24.2 Å². The highest BCUT2D eigenvalue weighted by Gasteiger charge is 2.30. The Kier molecular flexibility index (Phi) is 6.33. The summed E-state index contributed by atoms with van der Waals surface area (Å²) in [4.78, 5) is 36.6. The summed E-state index contributed by atoms with van der Waals surface area (Å²) in [6, 6.07) is 11.8. The van der Waals surface area contributed by atoms with E-state index in [2.05, 4.69) is 16.0 Å². The van der Waals surface area contributed by atoms with Crippen LogP contribution in [0, 0.1) is 0 Å². The van der Waals surface area contributed by atoms with E-state index < -0.39 is 29.9 Å². The zero-order valence-corrected chi connectivity index (χ0v) is 16.0. The highest BCUT2D eigenvalue weighted by atomic mass is 16.5. The lowest BCUT2D eigenvalue weighted by atomic mass is 10.0. The van der Waals surface area contributed by atoms with Gasteiger partial charge in [-0.2, -0.15) is 0 Å². The standard InChI is InChI=1S/C21H23N3O5/c1-29-21(28)18(12-17(20(26)27)23-15-5-3-2-4-6-15)24-19(25)14-7-8-16-13(11-14)9-10-22-16/h2-8,11,17-18,22-23H,9-10,12H2,1H3,(H,24,25)(H,26,27)/t17?,18-/m0/s1. The van der Waals surface area contributed by atoms with Crippen molar-refractivity contribution in [2.24, 2.45) is 0 Å². The maximum Gasteiger partial charge on any atom is 0.328 e. The largest absolute Gasteiger partial charge is 0.480 e. The molecule has 0 saturated heterocycles. The molecule has 8 heteroatoms. The summed E-state index contributed by atoms with van der Waals surface area (Å²) in [6.45, 7) is 0.816. The first-order valence-electron chi connectivity index (χ1n) is 9.28. The second-order valence-corrected chi connectivity index (χ2v) is 6.73. The average molecular weight is 397 g/mol. The Morgan fingerprint density at radius 2 is 1.90 bits per heavy atom. The monoisotopic (exact) mass is 397 g/mol. The van der Waals surface area contributed by atoms with E-state index in [1.54, 1.807) is 36.4 Å². The lowest BCUT2D eigenvalue weighted by Crippen LogP contribution is -2.46. The number of carboxylic acids is 1. The van der Waals surface area contributed by atoms with Gasteiger partial charge in [0.2, 0.25) is 0 Å². The van der Waals surface area contributed by atoms with E-state index in [1.165, 1.54) is 7.11 Å². The molecule has 1 aliphatic rings. The van der Waals surface area contributed by atoms with E-state index in [-0.39, 0.29) is 6.42 Å². The van der Waals surface area contributed by atoms with Crippen LogP contribution in [0.5, 0.6) is 0 Å². The van der Waals surface area contributed by atoms with Crippen LogP contribution in [-0.2, 0) is 20.7 Å². The van der Waals surface area contributed by atoms with Gasteiger partial charge in [-0.05, 0) is 42.3 Å². The van der Waals surface area contributed by atoms with Gasteiger partial charge in [0.1, 0.15) is 12.1 Å². The molecule has 152 valence electrons. The number of aliphatic carboxylic acids is 1. The van der Waals surface area contributed by atoms with Crippen molar-refractivity contribution in [3.05, 3.63) is 59.7 Å². The SMILES string of the molecule is COC(=O)[C@H](CC(Nc1ccccc1)C(=O)O)NC(=O)c1ccc2c(c1)CCN2. The van der Waals surface area contributed by atoms with Crippen LogP contribution in [0.4, 0.5) is 11.4 Å². The molecule has 0 saturated carbocycles. The minimum absolute atomic E-state index is 0.171. The van der Waals surface area contributed by atoms with Gasteiger partial charge >= 0.3 is 11.9 Å². The maximum absolute atomic E-state index is 12.7. The molecule has 1 aliphatic heterocycles. The number of methoxy groups -OCH3 is 1. The summed E-state index contributed by atoms with van der Waals surface area (Å²) < 4.78 is 4.77. The maximum atomic E-state index is 12.7. The van der Waals surface area contributed by atoms with E-state index in [0.29, 0.717) is 11.3 Å². The summed E-state index contributed by atoms with van der Waals surface area (Å²) in [6.07, 6.45) is 0.647. The Morgan fingerprint density at radius 3 is 2.59 bits per heavy atom. The molecule has 0 spiro atoms. The van der Waals surface area contributed by atoms with Crippen LogP contribution in [0.15, 0.2) is 48.5 Å². The molecule has 1 heterocycles. The fourth-order valence-corrected chi connectivity index (χ4v) is 3.24. The molecule has 0 bridgehead atoms. The Morgan fingerprint density at radius 1 is 1.14 bits per heavy atom. The molecular weight excluding hydrogens is 374 g/mol. The van der Waals surface area contributed by atoms with Crippen molar-refractivity contribution in [2.75, 3.05) is 24.3 Å². The predicted octanol–water partition coefficient (Wildman–Crippen LogP) is 1.88. The number of para-hydroxylation sites is 1. The van der Waals surface area contributed by atoms with Crippen molar-refractivity contribution in [3.63, 3.8) is 0 Å². The minimum atomic E-state index is -1.14. The van der Waals surface area contributed by atoms with Crippen molar-refractivity contribution in [1.29, 1.82) is 0 Å². The van der Waals surface area contributed by atoms with Crippen molar-refractivity contribution in [1.82, 2.24) is 5.32 Å². The van der Waals surface area contributed by atoms with Crippen LogP contribution in [0.25, 0.3) is 0 Å².